The van der Waals surface area contributed by atoms with Crippen molar-refractivity contribution in [1.29, 1.82) is 0 Å². The maximum atomic E-state index is 13.2. The normalized spacial score (nSPS) is 18.3. The molecule has 0 radical (unpaired) electrons. The van der Waals surface area contributed by atoms with Gasteiger partial charge in [0.1, 0.15) is 5.82 Å². The molecule has 1 aromatic carbocycles. The molecule has 0 amide bonds. The maximum Gasteiger partial charge on any atom is 0.123 e. The van der Waals surface area contributed by atoms with E-state index in [0.29, 0.717) is 6.04 Å². The molecule has 1 fully saturated rings. The first-order valence-corrected chi connectivity index (χ1v) is 7.82. The van der Waals surface area contributed by atoms with Crippen molar-refractivity contribution in [3.63, 3.8) is 0 Å². The van der Waals surface area contributed by atoms with Gasteiger partial charge >= 0.3 is 0 Å². The number of nitrogens with one attached hydrogen (secondary N) is 1. The van der Waals surface area contributed by atoms with Crippen LogP contribution in [0, 0.1) is 5.82 Å². The predicted octanol–water partition coefficient (Wildman–Crippen LogP) is 2.99. The van der Waals surface area contributed by atoms with Crippen LogP contribution in [0.5, 0.6) is 0 Å². The van der Waals surface area contributed by atoms with E-state index in [1.807, 2.05) is 36.7 Å². The van der Waals surface area contributed by atoms with Crippen molar-refractivity contribution in [2.45, 2.75) is 24.9 Å². The molecule has 3 rings (SSSR count). The van der Waals surface area contributed by atoms with Gasteiger partial charge in [0.15, 0.2) is 0 Å². The van der Waals surface area contributed by atoms with Gasteiger partial charge in [-0.25, -0.2) is 4.39 Å². The molecule has 0 spiro atoms. The van der Waals surface area contributed by atoms with Crippen LogP contribution in [0.3, 0.4) is 0 Å². The highest BCUT2D eigenvalue weighted by molar-refractivity contribution is 5.31. The van der Waals surface area contributed by atoms with E-state index >= 15 is 0 Å². The van der Waals surface area contributed by atoms with Crippen LogP contribution in [0.4, 0.5) is 4.39 Å². The largest absolute Gasteiger partial charge is 0.306 e. The first-order chi connectivity index (χ1) is 10.7. The van der Waals surface area contributed by atoms with Gasteiger partial charge in [-0.1, -0.05) is 12.1 Å². The van der Waals surface area contributed by atoms with Gasteiger partial charge < -0.3 is 10.2 Å². The fraction of sp³-hybridized carbons (Fsp3) is 0.389. The lowest BCUT2D eigenvalue weighted by Crippen LogP contribution is -2.42. The van der Waals surface area contributed by atoms with E-state index in [1.54, 1.807) is 0 Å². The highest BCUT2D eigenvalue weighted by Gasteiger charge is 2.22. The summed E-state index contributed by atoms with van der Waals surface area (Å²) in [6.45, 7) is 2.23. The summed E-state index contributed by atoms with van der Waals surface area (Å²) < 4.78 is 13.2. The van der Waals surface area contributed by atoms with E-state index in [1.165, 1.54) is 17.7 Å². The van der Waals surface area contributed by atoms with E-state index in [9.17, 15) is 4.39 Å². The maximum absolute atomic E-state index is 13.2. The number of rotatable bonds is 4. The van der Waals surface area contributed by atoms with Crippen LogP contribution in [0.25, 0.3) is 0 Å². The lowest BCUT2D eigenvalue weighted by Gasteiger charge is -2.33. The molecular formula is C18H22FN3. The molecule has 1 aliphatic rings. The van der Waals surface area contributed by atoms with Crippen molar-refractivity contribution in [1.82, 2.24) is 15.2 Å². The summed E-state index contributed by atoms with van der Waals surface area (Å²) in [6.07, 6.45) is 5.89. The molecule has 116 valence electrons. The molecule has 0 saturated carbocycles. The zero-order chi connectivity index (χ0) is 15.4. The highest BCUT2D eigenvalue weighted by atomic mass is 19.1. The predicted molar refractivity (Wildman–Crippen MR) is 86.1 cm³/mol. The molecule has 0 aliphatic carbocycles. The van der Waals surface area contributed by atoms with Crippen LogP contribution in [0.15, 0.2) is 48.8 Å². The van der Waals surface area contributed by atoms with Crippen LogP contribution in [-0.2, 0) is 0 Å². The highest BCUT2D eigenvalue weighted by Crippen LogP contribution is 2.24. The van der Waals surface area contributed by atoms with Crippen molar-refractivity contribution in [3.05, 3.63) is 65.7 Å². The van der Waals surface area contributed by atoms with Gasteiger partial charge in [-0.05, 0) is 68.4 Å². The summed E-state index contributed by atoms with van der Waals surface area (Å²) in [6, 6.07) is 11.4. The number of nitrogens with zero attached hydrogens (tertiary/aromatic N) is 2. The molecule has 1 aliphatic heterocycles. The van der Waals surface area contributed by atoms with Gasteiger partial charge in [0, 0.05) is 18.4 Å². The Balaban J connectivity index is 1.82. The smallest absolute Gasteiger partial charge is 0.123 e. The second-order valence-corrected chi connectivity index (χ2v) is 6.01. The van der Waals surface area contributed by atoms with E-state index in [-0.39, 0.29) is 11.9 Å². The molecule has 1 aromatic heterocycles. The monoisotopic (exact) mass is 299 g/mol. The summed E-state index contributed by atoms with van der Waals surface area (Å²) >= 11 is 0. The fourth-order valence-corrected chi connectivity index (χ4v) is 3.01. The van der Waals surface area contributed by atoms with Crippen molar-refractivity contribution in [2.75, 3.05) is 20.1 Å². The second-order valence-electron chi connectivity index (χ2n) is 6.01. The van der Waals surface area contributed by atoms with Gasteiger partial charge in [0.25, 0.3) is 0 Å². The first kappa shape index (κ1) is 15.1. The molecule has 3 nitrogen and oxygen atoms in total. The summed E-state index contributed by atoms with van der Waals surface area (Å²) in [4.78, 5) is 6.46. The SMILES string of the molecule is CN1CCC(NC(c2ccncc2)c2ccc(F)cc2)CC1. The number of benzene rings is 1. The van der Waals surface area contributed by atoms with Gasteiger partial charge in [-0.3, -0.25) is 4.98 Å². The Hall–Kier alpha value is -1.78. The molecular weight excluding hydrogens is 277 g/mol. The van der Waals surface area contributed by atoms with Crippen LogP contribution >= 0.6 is 0 Å². The molecule has 2 aromatic rings. The van der Waals surface area contributed by atoms with Crippen LogP contribution in [-0.4, -0.2) is 36.1 Å². The molecule has 2 heterocycles. The average Bonchev–Trinajstić information content (AvgIpc) is 2.56. The fourth-order valence-electron chi connectivity index (χ4n) is 3.01. The second kappa shape index (κ2) is 6.99. The molecule has 1 saturated heterocycles. The lowest BCUT2D eigenvalue weighted by molar-refractivity contribution is 0.229. The Morgan fingerprint density at radius 2 is 1.64 bits per heavy atom. The Morgan fingerprint density at radius 1 is 1.05 bits per heavy atom. The first-order valence-electron chi connectivity index (χ1n) is 7.82. The van der Waals surface area contributed by atoms with Crippen LogP contribution in [0.1, 0.15) is 30.0 Å². The number of halogens is 1. The summed E-state index contributed by atoms with van der Waals surface area (Å²) in [5, 5.41) is 3.75. The average molecular weight is 299 g/mol. The van der Waals surface area contributed by atoms with Crippen molar-refractivity contribution in [2.24, 2.45) is 0 Å². The van der Waals surface area contributed by atoms with Crippen molar-refractivity contribution < 1.29 is 4.39 Å². The summed E-state index contributed by atoms with van der Waals surface area (Å²) in [5.74, 6) is -0.198. The zero-order valence-electron chi connectivity index (χ0n) is 12.9. The van der Waals surface area contributed by atoms with E-state index < -0.39 is 0 Å². The van der Waals surface area contributed by atoms with Crippen molar-refractivity contribution in [3.8, 4) is 0 Å². The van der Waals surface area contributed by atoms with E-state index in [2.05, 4.69) is 22.2 Å². The third-order valence-corrected chi connectivity index (χ3v) is 4.36. The van der Waals surface area contributed by atoms with Gasteiger partial charge in [0.2, 0.25) is 0 Å². The van der Waals surface area contributed by atoms with Crippen molar-refractivity contribution >= 4 is 0 Å². The molecule has 1 unspecified atom stereocenters. The lowest BCUT2D eigenvalue weighted by atomic mass is 9.96. The number of aromatic nitrogens is 1. The molecule has 0 bridgehead atoms. The summed E-state index contributed by atoms with van der Waals surface area (Å²) in [5.41, 5.74) is 2.26. The number of hydrogen-bond acceptors (Lipinski definition) is 3. The van der Waals surface area contributed by atoms with Crippen LogP contribution in [0.2, 0.25) is 0 Å². The standard InChI is InChI=1S/C18H22FN3/c1-22-12-8-17(9-13-22)21-18(15-6-10-20-11-7-15)14-2-4-16(19)5-3-14/h2-7,10-11,17-18,21H,8-9,12-13H2,1H3. The number of pyridine rings is 1. The van der Waals surface area contributed by atoms with Gasteiger partial charge in [0.05, 0.1) is 6.04 Å². The molecule has 1 atom stereocenters. The number of piperidine rings is 1. The quantitative estimate of drug-likeness (QED) is 0.940. The minimum Gasteiger partial charge on any atom is -0.306 e. The summed E-state index contributed by atoms with van der Waals surface area (Å²) in [7, 11) is 2.16. The third kappa shape index (κ3) is 3.70. The molecule has 1 N–H and O–H groups in total. The van der Waals surface area contributed by atoms with E-state index in [0.717, 1.165) is 31.5 Å². The topological polar surface area (TPSA) is 28.2 Å². The van der Waals surface area contributed by atoms with Crippen LogP contribution < -0.4 is 5.32 Å². The third-order valence-electron chi connectivity index (χ3n) is 4.36. The minimum absolute atomic E-state index is 0.0806. The zero-order valence-corrected chi connectivity index (χ0v) is 12.9. The van der Waals surface area contributed by atoms with Gasteiger partial charge in [-0.2, -0.15) is 0 Å². The Kier molecular flexibility index (Phi) is 4.80. The Morgan fingerprint density at radius 3 is 2.27 bits per heavy atom. The Bertz CT molecular complexity index is 577. The minimum atomic E-state index is -0.198. The Labute approximate surface area is 131 Å². The van der Waals surface area contributed by atoms with E-state index in [4.69, 9.17) is 0 Å². The molecule has 4 heteroatoms. The number of hydrogen-bond donors (Lipinski definition) is 1. The molecule has 22 heavy (non-hydrogen) atoms. The van der Waals surface area contributed by atoms with Gasteiger partial charge in [-0.15, -0.1) is 0 Å². The number of likely N-dealkylation sites (tertiary alicyclic amines) is 1.